The fourth-order valence-electron chi connectivity index (χ4n) is 3.28. The van der Waals surface area contributed by atoms with Crippen LogP contribution in [0.25, 0.3) is 0 Å². The highest BCUT2D eigenvalue weighted by Gasteiger charge is 2.28. The van der Waals surface area contributed by atoms with Crippen LogP contribution in [0.5, 0.6) is 0 Å². The second-order valence-corrected chi connectivity index (χ2v) is 10.6. The lowest BCUT2D eigenvalue weighted by Crippen LogP contribution is -2.48. The molecule has 0 spiro atoms. The molecule has 1 fully saturated rings. The van der Waals surface area contributed by atoms with E-state index >= 15 is 0 Å². The van der Waals surface area contributed by atoms with Gasteiger partial charge < -0.3 is 5.32 Å². The summed E-state index contributed by atoms with van der Waals surface area (Å²) in [5.41, 5.74) is 1.23. The largest absolute Gasteiger partial charge is 0.353 e. The molecular weight excluding hydrogens is 432 g/mol. The normalized spacial score (nSPS) is 16.7. The minimum atomic E-state index is -3.57. The third kappa shape index (κ3) is 6.77. The van der Waals surface area contributed by atoms with Crippen LogP contribution >= 0.6 is 11.8 Å². The summed E-state index contributed by atoms with van der Waals surface area (Å²) in [4.78, 5) is 18.6. The number of carbonyl (C=O) groups is 1. The molecule has 9 heteroatoms. The number of hydrogen-bond donors (Lipinski definition) is 1. The molecule has 0 radical (unpaired) electrons. The van der Waals surface area contributed by atoms with Crippen LogP contribution < -0.4 is 5.32 Å². The number of benzene rings is 1. The highest BCUT2D eigenvalue weighted by Crippen LogP contribution is 2.21. The maximum Gasteiger partial charge on any atom is 0.244 e. The van der Waals surface area contributed by atoms with Crippen LogP contribution in [0.4, 0.5) is 0 Å². The minimum Gasteiger partial charge on any atom is -0.353 e. The molecule has 2 heterocycles. The van der Waals surface area contributed by atoms with Crippen molar-refractivity contribution in [3.63, 3.8) is 0 Å². The molecule has 0 bridgehead atoms. The SMILES string of the molecule is CC[C@H](C)NC(=O)CSc1ccc(S(=O)(=O)N2CCN(Cc3ccccc3)CC2)cn1. The van der Waals surface area contributed by atoms with Gasteiger partial charge in [-0.1, -0.05) is 49.0 Å². The number of thioether (sulfide) groups is 1. The van der Waals surface area contributed by atoms with Crippen molar-refractivity contribution < 1.29 is 13.2 Å². The van der Waals surface area contributed by atoms with Gasteiger partial charge in [0.1, 0.15) is 4.90 Å². The average molecular weight is 463 g/mol. The highest BCUT2D eigenvalue weighted by molar-refractivity contribution is 7.99. The summed E-state index contributed by atoms with van der Waals surface area (Å²) in [7, 11) is -3.57. The molecule has 1 aromatic carbocycles. The Morgan fingerprint density at radius 3 is 2.45 bits per heavy atom. The Morgan fingerprint density at radius 2 is 1.84 bits per heavy atom. The molecule has 31 heavy (non-hydrogen) atoms. The molecule has 0 unspecified atom stereocenters. The first-order chi connectivity index (χ1) is 14.9. The number of nitrogens with one attached hydrogen (secondary N) is 1. The zero-order valence-electron chi connectivity index (χ0n) is 18.0. The molecule has 1 aromatic heterocycles. The molecule has 1 aliphatic rings. The Kier molecular flexibility index (Phi) is 8.48. The number of sulfonamides is 1. The zero-order valence-corrected chi connectivity index (χ0v) is 19.7. The molecule has 2 aromatic rings. The van der Waals surface area contributed by atoms with Crippen molar-refractivity contribution in [1.29, 1.82) is 0 Å². The Bertz CT molecular complexity index is 944. The van der Waals surface area contributed by atoms with Gasteiger partial charge in [0.25, 0.3) is 0 Å². The summed E-state index contributed by atoms with van der Waals surface area (Å²) in [5, 5.41) is 3.53. The van der Waals surface area contributed by atoms with E-state index in [0.717, 1.165) is 13.0 Å². The third-order valence-electron chi connectivity index (χ3n) is 5.30. The van der Waals surface area contributed by atoms with E-state index in [1.54, 1.807) is 12.1 Å². The molecule has 0 aliphatic carbocycles. The van der Waals surface area contributed by atoms with Gasteiger partial charge in [-0.15, -0.1) is 0 Å². The molecule has 1 amide bonds. The van der Waals surface area contributed by atoms with Crippen LogP contribution in [0.3, 0.4) is 0 Å². The fourth-order valence-corrected chi connectivity index (χ4v) is 5.30. The molecule has 168 valence electrons. The van der Waals surface area contributed by atoms with Gasteiger partial charge in [-0.3, -0.25) is 9.69 Å². The monoisotopic (exact) mass is 462 g/mol. The lowest BCUT2D eigenvalue weighted by Gasteiger charge is -2.33. The molecule has 1 aliphatic heterocycles. The van der Waals surface area contributed by atoms with Crippen LogP contribution in [-0.4, -0.2) is 66.5 Å². The summed E-state index contributed by atoms with van der Waals surface area (Å²) < 4.78 is 27.5. The van der Waals surface area contributed by atoms with Gasteiger partial charge in [0.15, 0.2) is 0 Å². The highest BCUT2D eigenvalue weighted by atomic mass is 32.2. The maximum absolute atomic E-state index is 13.0. The van der Waals surface area contributed by atoms with Gasteiger partial charge in [-0.2, -0.15) is 4.31 Å². The van der Waals surface area contributed by atoms with Crippen molar-refractivity contribution in [2.24, 2.45) is 0 Å². The summed E-state index contributed by atoms with van der Waals surface area (Å²) in [6.07, 6.45) is 2.27. The minimum absolute atomic E-state index is 0.0498. The van der Waals surface area contributed by atoms with Gasteiger partial charge in [-0.05, 0) is 31.0 Å². The van der Waals surface area contributed by atoms with E-state index in [0.29, 0.717) is 31.2 Å². The second-order valence-electron chi connectivity index (χ2n) is 7.66. The average Bonchev–Trinajstić information content (AvgIpc) is 2.79. The van der Waals surface area contributed by atoms with Crippen molar-refractivity contribution in [2.75, 3.05) is 31.9 Å². The van der Waals surface area contributed by atoms with Gasteiger partial charge in [0.2, 0.25) is 15.9 Å². The Balaban J connectivity index is 1.52. The number of piperazine rings is 1. The number of amides is 1. The van der Waals surface area contributed by atoms with Gasteiger partial charge in [-0.25, -0.2) is 13.4 Å². The number of pyridine rings is 1. The summed E-state index contributed by atoms with van der Waals surface area (Å²) >= 11 is 1.30. The third-order valence-corrected chi connectivity index (χ3v) is 8.12. The number of nitrogens with zero attached hydrogens (tertiary/aromatic N) is 3. The Morgan fingerprint density at radius 1 is 1.13 bits per heavy atom. The predicted molar refractivity (Wildman–Crippen MR) is 123 cm³/mol. The molecule has 1 saturated heterocycles. The Hall–Kier alpha value is -1.94. The van der Waals surface area contributed by atoms with Crippen molar-refractivity contribution in [3.05, 3.63) is 54.2 Å². The molecule has 1 N–H and O–H groups in total. The van der Waals surface area contributed by atoms with Crippen LogP contribution in [0, 0.1) is 0 Å². The van der Waals surface area contributed by atoms with E-state index < -0.39 is 10.0 Å². The van der Waals surface area contributed by atoms with E-state index in [4.69, 9.17) is 0 Å². The van der Waals surface area contributed by atoms with Crippen LogP contribution in [0.15, 0.2) is 58.6 Å². The first-order valence-electron chi connectivity index (χ1n) is 10.5. The van der Waals surface area contributed by atoms with E-state index in [1.165, 1.54) is 27.8 Å². The molecule has 0 saturated carbocycles. The van der Waals surface area contributed by atoms with Crippen LogP contribution in [0.1, 0.15) is 25.8 Å². The fraction of sp³-hybridized carbons (Fsp3) is 0.455. The van der Waals surface area contributed by atoms with Crippen LogP contribution in [-0.2, 0) is 21.4 Å². The van der Waals surface area contributed by atoms with Crippen molar-refractivity contribution >= 4 is 27.7 Å². The second kappa shape index (κ2) is 11.1. The topological polar surface area (TPSA) is 82.6 Å². The van der Waals surface area contributed by atoms with E-state index in [-0.39, 0.29) is 22.6 Å². The predicted octanol–water partition coefficient (Wildman–Crippen LogP) is 2.59. The first kappa shape index (κ1) is 23.7. The number of carbonyl (C=O) groups excluding carboxylic acids is 1. The quantitative estimate of drug-likeness (QED) is 0.577. The smallest absolute Gasteiger partial charge is 0.244 e. The molecule has 7 nitrogen and oxygen atoms in total. The molecule has 3 rings (SSSR count). The zero-order chi connectivity index (χ0) is 22.3. The van der Waals surface area contributed by atoms with Gasteiger partial charge in [0.05, 0.1) is 10.8 Å². The first-order valence-corrected chi connectivity index (χ1v) is 13.0. The number of aromatic nitrogens is 1. The van der Waals surface area contributed by atoms with E-state index in [9.17, 15) is 13.2 Å². The Labute approximate surface area is 189 Å². The summed E-state index contributed by atoms with van der Waals surface area (Å²) in [6.45, 7) is 7.11. The number of rotatable bonds is 9. The molecule has 1 atom stereocenters. The van der Waals surface area contributed by atoms with Crippen molar-refractivity contribution in [3.8, 4) is 0 Å². The maximum atomic E-state index is 13.0. The van der Waals surface area contributed by atoms with Gasteiger partial charge >= 0.3 is 0 Å². The summed E-state index contributed by atoms with van der Waals surface area (Å²) in [5.74, 6) is 0.207. The van der Waals surface area contributed by atoms with Crippen molar-refractivity contribution in [1.82, 2.24) is 19.5 Å². The van der Waals surface area contributed by atoms with Gasteiger partial charge in [0, 0.05) is 45.0 Å². The summed E-state index contributed by atoms with van der Waals surface area (Å²) in [6, 6.07) is 13.6. The lowest BCUT2D eigenvalue weighted by molar-refractivity contribution is -0.119. The van der Waals surface area contributed by atoms with Crippen molar-refractivity contribution in [2.45, 2.75) is 42.8 Å². The number of hydrogen-bond acceptors (Lipinski definition) is 6. The van der Waals surface area contributed by atoms with Crippen LogP contribution in [0.2, 0.25) is 0 Å². The molecular formula is C22H30N4O3S2. The van der Waals surface area contributed by atoms with E-state index in [2.05, 4.69) is 27.3 Å². The van der Waals surface area contributed by atoms with E-state index in [1.807, 2.05) is 32.0 Å². The standard InChI is InChI=1S/C22H30N4O3S2/c1-3-18(2)24-21(27)17-30-22-10-9-20(15-23-22)31(28,29)26-13-11-25(12-14-26)16-19-7-5-4-6-8-19/h4-10,15,18H,3,11-14,16-17H2,1-2H3,(H,24,27)/t18-/m0/s1. The lowest BCUT2D eigenvalue weighted by atomic mass is 10.2.